The Kier molecular flexibility index (Phi) is 3.42. The summed E-state index contributed by atoms with van der Waals surface area (Å²) in [5.74, 6) is -0.344. The molecular formula is C15H15NO2. The summed E-state index contributed by atoms with van der Waals surface area (Å²) in [6, 6.07) is 9.61. The molecule has 1 aromatic heterocycles. The first-order valence-corrected chi connectivity index (χ1v) is 5.73. The van der Waals surface area contributed by atoms with Crippen LogP contribution in [0.3, 0.4) is 0 Å². The molecule has 3 nitrogen and oxygen atoms in total. The minimum atomic E-state index is -0.344. The van der Waals surface area contributed by atoms with Gasteiger partial charge in [-0.3, -0.25) is 4.98 Å². The van der Waals surface area contributed by atoms with Crippen molar-refractivity contribution in [2.45, 2.75) is 13.8 Å². The lowest BCUT2D eigenvalue weighted by atomic mass is 10.0. The number of pyridine rings is 1. The molecule has 0 saturated heterocycles. The van der Waals surface area contributed by atoms with Gasteiger partial charge in [0.25, 0.3) is 0 Å². The van der Waals surface area contributed by atoms with Gasteiger partial charge in [0.15, 0.2) is 0 Å². The van der Waals surface area contributed by atoms with E-state index < -0.39 is 0 Å². The number of aryl methyl sites for hydroxylation is 2. The second-order valence-corrected chi connectivity index (χ2v) is 4.30. The van der Waals surface area contributed by atoms with Crippen molar-refractivity contribution in [3.05, 3.63) is 53.2 Å². The molecule has 0 radical (unpaired) electrons. The highest BCUT2D eigenvalue weighted by atomic mass is 16.5. The lowest BCUT2D eigenvalue weighted by Crippen LogP contribution is -2.01. The fourth-order valence-corrected chi connectivity index (χ4v) is 1.96. The van der Waals surface area contributed by atoms with Gasteiger partial charge in [0.05, 0.1) is 18.4 Å². The van der Waals surface area contributed by atoms with Crippen LogP contribution in [0.1, 0.15) is 21.5 Å². The zero-order valence-corrected chi connectivity index (χ0v) is 10.7. The van der Waals surface area contributed by atoms with Crippen molar-refractivity contribution in [3.8, 4) is 11.3 Å². The number of nitrogens with zero attached hydrogens (tertiary/aromatic N) is 1. The average Bonchev–Trinajstić information content (AvgIpc) is 2.37. The minimum Gasteiger partial charge on any atom is -0.465 e. The number of hydrogen-bond donors (Lipinski definition) is 0. The summed E-state index contributed by atoms with van der Waals surface area (Å²) >= 11 is 0. The molecule has 0 aliphatic carbocycles. The van der Waals surface area contributed by atoms with Gasteiger partial charge in [0.2, 0.25) is 0 Å². The average molecular weight is 241 g/mol. The number of benzene rings is 1. The van der Waals surface area contributed by atoms with Crippen LogP contribution in [0.5, 0.6) is 0 Å². The highest BCUT2D eigenvalue weighted by Gasteiger charge is 2.08. The molecule has 0 atom stereocenters. The maximum Gasteiger partial charge on any atom is 0.337 e. The summed E-state index contributed by atoms with van der Waals surface area (Å²) in [5, 5.41) is 0. The van der Waals surface area contributed by atoms with Crippen LogP contribution >= 0.6 is 0 Å². The van der Waals surface area contributed by atoms with E-state index in [9.17, 15) is 4.79 Å². The maximum atomic E-state index is 11.5. The van der Waals surface area contributed by atoms with Crippen LogP contribution in [0, 0.1) is 13.8 Å². The fraction of sp³-hybridized carbons (Fsp3) is 0.200. The Balaban J connectivity index is 2.47. The molecule has 0 aliphatic heterocycles. The number of aromatic nitrogens is 1. The lowest BCUT2D eigenvalue weighted by molar-refractivity contribution is 0.0600. The number of hydrogen-bond acceptors (Lipinski definition) is 3. The third-order valence-corrected chi connectivity index (χ3v) is 2.70. The monoisotopic (exact) mass is 241 g/mol. The van der Waals surface area contributed by atoms with E-state index >= 15 is 0 Å². The maximum absolute atomic E-state index is 11.5. The topological polar surface area (TPSA) is 39.2 Å². The summed E-state index contributed by atoms with van der Waals surface area (Å²) < 4.78 is 4.71. The van der Waals surface area contributed by atoms with Crippen LogP contribution in [-0.2, 0) is 4.74 Å². The molecule has 3 heteroatoms. The molecule has 0 spiro atoms. The van der Waals surface area contributed by atoms with E-state index in [4.69, 9.17) is 4.74 Å². The molecule has 1 aromatic carbocycles. The van der Waals surface area contributed by atoms with Gasteiger partial charge in [-0.1, -0.05) is 17.2 Å². The molecule has 0 amide bonds. The summed E-state index contributed by atoms with van der Waals surface area (Å²) in [6.07, 6.45) is 1.62. The van der Waals surface area contributed by atoms with Crippen molar-refractivity contribution >= 4 is 5.97 Å². The Morgan fingerprint density at radius 2 is 1.78 bits per heavy atom. The first-order chi connectivity index (χ1) is 8.60. The van der Waals surface area contributed by atoms with Crippen molar-refractivity contribution in [1.82, 2.24) is 4.98 Å². The van der Waals surface area contributed by atoms with Gasteiger partial charge in [-0.05, 0) is 38.1 Å². The van der Waals surface area contributed by atoms with Gasteiger partial charge < -0.3 is 4.74 Å². The van der Waals surface area contributed by atoms with Gasteiger partial charge in [0, 0.05) is 11.8 Å². The zero-order chi connectivity index (χ0) is 13.1. The molecule has 18 heavy (non-hydrogen) atoms. The van der Waals surface area contributed by atoms with E-state index in [0.717, 1.165) is 11.3 Å². The van der Waals surface area contributed by atoms with Gasteiger partial charge in [-0.15, -0.1) is 0 Å². The number of ether oxygens (including phenoxy) is 1. The van der Waals surface area contributed by atoms with Crippen molar-refractivity contribution in [3.63, 3.8) is 0 Å². The summed E-state index contributed by atoms with van der Waals surface area (Å²) in [5.41, 5.74) is 4.66. The number of esters is 1. The summed E-state index contributed by atoms with van der Waals surface area (Å²) in [4.78, 5) is 15.8. The first-order valence-electron chi connectivity index (χ1n) is 5.73. The molecule has 0 bridgehead atoms. The highest BCUT2D eigenvalue weighted by Crippen LogP contribution is 2.21. The second kappa shape index (κ2) is 5.00. The predicted molar refractivity (Wildman–Crippen MR) is 70.5 cm³/mol. The molecule has 2 aromatic rings. The van der Waals surface area contributed by atoms with Crippen molar-refractivity contribution in [2.24, 2.45) is 0 Å². The molecule has 92 valence electrons. The predicted octanol–water partition coefficient (Wildman–Crippen LogP) is 3.15. The van der Waals surface area contributed by atoms with Crippen LogP contribution in [-0.4, -0.2) is 18.1 Å². The van der Waals surface area contributed by atoms with Crippen molar-refractivity contribution in [2.75, 3.05) is 7.11 Å². The van der Waals surface area contributed by atoms with E-state index in [1.807, 2.05) is 13.8 Å². The molecule has 0 saturated carbocycles. The Morgan fingerprint density at radius 3 is 2.39 bits per heavy atom. The number of carbonyl (C=O) groups is 1. The normalized spacial score (nSPS) is 10.2. The standard InChI is InChI=1S/C15H15NO2/c1-10-6-11(2)8-13(7-10)14-9-12(4-5-16-14)15(17)18-3/h4-9H,1-3H3. The van der Waals surface area contributed by atoms with E-state index in [0.29, 0.717) is 5.56 Å². The van der Waals surface area contributed by atoms with Crippen molar-refractivity contribution in [1.29, 1.82) is 0 Å². The van der Waals surface area contributed by atoms with Crippen molar-refractivity contribution < 1.29 is 9.53 Å². The summed E-state index contributed by atoms with van der Waals surface area (Å²) in [7, 11) is 1.37. The van der Waals surface area contributed by atoms with Gasteiger partial charge in [-0.2, -0.15) is 0 Å². The van der Waals surface area contributed by atoms with Crippen LogP contribution in [0.25, 0.3) is 11.3 Å². The quantitative estimate of drug-likeness (QED) is 0.758. The number of carbonyl (C=O) groups excluding carboxylic acids is 1. The summed E-state index contributed by atoms with van der Waals surface area (Å²) in [6.45, 7) is 4.08. The Bertz CT molecular complexity index is 571. The molecule has 1 heterocycles. The largest absolute Gasteiger partial charge is 0.465 e. The Labute approximate surface area is 106 Å². The first kappa shape index (κ1) is 12.3. The van der Waals surface area contributed by atoms with E-state index in [1.54, 1.807) is 18.3 Å². The van der Waals surface area contributed by atoms with E-state index in [1.165, 1.54) is 18.2 Å². The molecule has 0 aliphatic rings. The number of methoxy groups -OCH3 is 1. The van der Waals surface area contributed by atoms with Crippen LogP contribution in [0.15, 0.2) is 36.5 Å². The molecule has 0 N–H and O–H groups in total. The van der Waals surface area contributed by atoms with Gasteiger partial charge >= 0.3 is 5.97 Å². The smallest absolute Gasteiger partial charge is 0.337 e. The molecule has 2 rings (SSSR count). The van der Waals surface area contributed by atoms with E-state index in [2.05, 4.69) is 23.2 Å². The Morgan fingerprint density at radius 1 is 1.11 bits per heavy atom. The second-order valence-electron chi connectivity index (χ2n) is 4.30. The van der Waals surface area contributed by atoms with Crippen LogP contribution in [0.2, 0.25) is 0 Å². The van der Waals surface area contributed by atoms with Crippen LogP contribution < -0.4 is 0 Å². The van der Waals surface area contributed by atoms with Gasteiger partial charge in [0.1, 0.15) is 0 Å². The SMILES string of the molecule is COC(=O)c1ccnc(-c2cc(C)cc(C)c2)c1. The lowest BCUT2D eigenvalue weighted by Gasteiger charge is -2.06. The molecule has 0 fully saturated rings. The Hall–Kier alpha value is -2.16. The third kappa shape index (κ3) is 2.56. The highest BCUT2D eigenvalue weighted by molar-refractivity contribution is 5.90. The molecule has 0 unspecified atom stereocenters. The zero-order valence-electron chi connectivity index (χ0n) is 10.7. The third-order valence-electron chi connectivity index (χ3n) is 2.70. The fourth-order valence-electron chi connectivity index (χ4n) is 1.96. The van der Waals surface area contributed by atoms with Gasteiger partial charge in [-0.25, -0.2) is 4.79 Å². The van der Waals surface area contributed by atoms with Crippen LogP contribution in [0.4, 0.5) is 0 Å². The molecular weight excluding hydrogens is 226 g/mol. The van der Waals surface area contributed by atoms with E-state index in [-0.39, 0.29) is 5.97 Å². The minimum absolute atomic E-state index is 0.344. The number of rotatable bonds is 2.